The minimum absolute atomic E-state index is 0.111. The van der Waals surface area contributed by atoms with Crippen molar-refractivity contribution >= 4 is 58.3 Å². The molecule has 22 heavy (non-hydrogen) atoms. The van der Waals surface area contributed by atoms with Gasteiger partial charge < -0.3 is 9.47 Å². The normalized spacial score (nSPS) is 7.73. The Hall–Kier alpha value is -0.940. The van der Waals surface area contributed by atoms with Gasteiger partial charge in [-0.3, -0.25) is 0 Å². The van der Waals surface area contributed by atoms with E-state index in [1.165, 1.54) is 11.1 Å². The molecule has 0 saturated carbocycles. The molecule has 0 aromatic heterocycles. The zero-order valence-corrected chi connectivity index (χ0v) is 15.5. The van der Waals surface area contributed by atoms with E-state index in [1.807, 2.05) is 0 Å². The van der Waals surface area contributed by atoms with Crippen molar-refractivity contribution in [2.75, 3.05) is 13.2 Å². The Kier molecular flexibility index (Phi) is 37.4. The van der Waals surface area contributed by atoms with E-state index in [4.69, 9.17) is 46.4 Å². The first kappa shape index (κ1) is 29.1. The van der Waals surface area contributed by atoms with Crippen molar-refractivity contribution in [1.82, 2.24) is 0 Å². The molecule has 0 saturated heterocycles. The number of halogens is 4. The fourth-order valence-electron chi connectivity index (χ4n) is 0.517. The summed E-state index contributed by atoms with van der Waals surface area (Å²) in [4.78, 5) is 21.3. The van der Waals surface area contributed by atoms with Gasteiger partial charge in [-0.05, 0) is 24.9 Å². The largest absolute Gasteiger partial charge is 0.463 e. The third-order valence-corrected chi connectivity index (χ3v) is 0.929. The highest BCUT2D eigenvalue weighted by molar-refractivity contribution is 6.55. The molecular weight excluding hydrogens is 374 g/mol. The molecule has 0 fully saturated rings. The molecule has 0 aliphatic rings. The Morgan fingerprint density at radius 1 is 0.909 bits per heavy atom. The van der Waals surface area contributed by atoms with Crippen LogP contribution in [0.3, 0.4) is 0 Å². The number of rotatable bonds is 4. The zero-order chi connectivity index (χ0) is 18.4. The molecular formula is C14H20Cl4O4. The van der Waals surface area contributed by atoms with Crippen LogP contribution in [0.4, 0.5) is 0 Å². The Labute approximate surface area is 152 Å². The van der Waals surface area contributed by atoms with Crippen LogP contribution in [0.2, 0.25) is 0 Å². The fraction of sp³-hybridized carbons (Fsp3) is 0.286. The van der Waals surface area contributed by atoms with Gasteiger partial charge in [0, 0.05) is 12.2 Å². The zero-order valence-electron chi connectivity index (χ0n) is 12.5. The van der Waals surface area contributed by atoms with Gasteiger partial charge in [0.25, 0.3) is 0 Å². The first-order chi connectivity index (χ1) is 10.3. The average molecular weight is 394 g/mol. The lowest BCUT2D eigenvalue weighted by Crippen LogP contribution is -2.03. The Morgan fingerprint density at radius 3 is 1.23 bits per heavy atom. The van der Waals surface area contributed by atoms with Crippen LogP contribution < -0.4 is 0 Å². The topological polar surface area (TPSA) is 52.6 Å². The molecule has 0 spiro atoms. The number of ether oxygens (including phenoxy) is 2. The molecule has 0 aromatic carbocycles. The van der Waals surface area contributed by atoms with E-state index in [1.54, 1.807) is 13.8 Å². The van der Waals surface area contributed by atoms with Gasteiger partial charge in [0.15, 0.2) is 0 Å². The van der Waals surface area contributed by atoms with Crippen LogP contribution in [0.5, 0.6) is 0 Å². The number of carbonyl (C=O) groups is 2. The summed E-state index contributed by atoms with van der Waals surface area (Å²) in [5.41, 5.74) is 2.44. The molecule has 0 atom stereocenters. The molecule has 0 heterocycles. The molecule has 0 aromatic rings. The average Bonchev–Trinajstić information content (AvgIpc) is 2.38. The lowest BCUT2D eigenvalue weighted by atomic mass is 10.5. The third-order valence-electron chi connectivity index (χ3n) is 0.929. The second kappa shape index (κ2) is 28.3. The molecule has 0 N–H and O–H groups in total. The molecule has 4 nitrogen and oxygen atoms in total. The molecule has 0 amide bonds. The summed E-state index contributed by atoms with van der Waals surface area (Å²) < 4.78 is 9.18. The van der Waals surface area contributed by atoms with Crippen LogP contribution in [0.25, 0.3) is 0 Å². The van der Waals surface area contributed by atoms with Crippen LogP contribution in [-0.4, -0.2) is 25.2 Å². The molecule has 0 radical (unpaired) electrons. The summed E-state index contributed by atoms with van der Waals surface area (Å²) in [6.07, 6.45) is 2.09. The monoisotopic (exact) mass is 392 g/mol. The Balaban J connectivity index is -0.000000133. The van der Waals surface area contributed by atoms with Crippen LogP contribution in [0.1, 0.15) is 13.8 Å². The van der Waals surface area contributed by atoms with Crippen molar-refractivity contribution in [3.63, 3.8) is 0 Å². The van der Waals surface area contributed by atoms with E-state index in [-0.39, 0.29) is 4.49 Å². The first-order valence-corrected chi connectivity index (χ1v) is 7.33. The minimum Gasteiger partial charge on any atom is -0.463 e. The smallest absolute Gasteiger partial charge is 0.330 e. The van der Waals surface area contributed by atoms with Crippen LogP contribution in [0, 0.1) is 0 Å². The van der Waals surface area contributed by atoms with Crippen molar-refractivity contribution in [3.8, 4) is 0 Å². The van der Waals surface area contributed by atoms with Gasteiger partial charge in [-0.25, -0.2) is 9.59 Å². The van der Waals surface area contributed by atoms with Crippen molar-refractivity contribution in [2.45, 2.75) is 13.8 Å². The summed E-state index contributed by atoms with van der Waals surface area (Å²) >= 11 is 19.2. The number of carbonyl (C=O) groups excluding carboxylic acids is 2. The maximum absolute atomic E-state index is 10.6. The second-order valence-electron chi connectivity index (χ2n) is 2.48. The van der Waals surface area contributed by atoms with Crippen molar-refractivity contribution in [1.29, 1.82) is 0 Å². The predicted molar refractivity (Wildman–Crippen MR) is 95.4 cm³/mol. The third kappa shape index (κ3) is 61.4. The lowest BCUT2D eigenvalue weighted by molar-refractivity contribution is -0.140. The summed E-state index contributed by atoms with van der Waals surface area (Å²) in [7, 11) is 0. The number of esters is 2. The standard InChI is InChI=1S/C8H12O4.C2H2Cl2.2C2H3Cl/c1-3-11-7(9)5-6-8(10)12-4-2;1-2(3)4;2*1-2-3/h5-6H,3-4H2,1-2H3;1H2;2*2H,1H2/b6-5+;;;. The molecule has 128 valence electrons. The molecule has 0 bridgehead atoms. The van der Waals surface area contributed by atoms with Gasteiger partial charge in [0.2, 0.25) is 0 Å². The maximum Gasteiger partial charge on any atom is 0.330 e. The summed E-state index contributed by atoms with van der Waals surface area (Å²) in [5.74, 6) is -1.07. The quantitative estimate of drug-likeness (QED) is 0.477. The predicted octanol–water partition coefficient (Wildman–Crippen LogP) is 5.34. The van der Waals surface area contributed by atoms with Crippen LogP contribution in [0.15, 0.2) is 47.5 Å². The van der Waals surface area contributed by atoms with Crippen molar-refractivity contribution in [3.05, 3.63) is 47.5 Å². The minimum atomic E-state index is -0.537. The van der Waals surface area contributed by atoms with E-state index < -0.39 is 11.9 Å². The molecule has 0 rings (SSSR count). The van der Waals surface area contributed by atoms with E-state index >= 15 is 0 Å². The highest BCUT2D eigenvalue weighted by atomic mass is 35.5. The van der Waals surface area contributed by atoms with E-state index in [0.29, 0.717) is 13.2 Å². The highest BCUT2D eigenvalue weighted by Gasteiger charge is 1.97. The van der Waals surface area contributed by atoms with E-state index in [2.05, 4.69) is 29.2 Å². The number of hydrogen-bond donors (Lipinski definition) is 0. The molecule has 0 unspecified atom stereocenters. The van der Waals surface area contributed by atoms with Gasteiger partial charge >= 0.3 is 11.9 Å². The van der Waals surface area contributed by atoms with Crippen molar-refractivity contribution in [2.24, 2.45) is 0 Å². The number of hydrogen-bond acceptors (Lipinski definition) is 4. The first-order valence-electron chi connectivity index (χ1n) is 5.70. The maximum atomic E-state index is 10.6. The van der Waals surface area contributed by atoms with Gasteiger partial charge in [0.1, 0.15) is 0 Å². The summed E-state index contributed by atoms with van der Waals surface area (Å²) in [5, 5.41) is 0. The molecule has 0 aliphatic carbocycles. The lowest BCUT2D eigenvalue weighted by Gasteiger charge is -1.95. The summed E-state index contributed by atoms with van der Waals surface area (Å²) in [6.45, 7) is 13.3. The van der Waals surface area contributed by atoms with Crippen LogP contribution >= 0.6 is 46.4 Å². The second-order valence-corrected chi connectivity index (χ2v) is 4.21. The van der Waals surface area contributed by atoms with Gasteiger partial charge in [0.05, 0.1) is 17.7 Å². The Morgan fingerprint density at radius 2 is 1.09 bits per heavy atom. The van der Waals surface area contributed by atoms with E-state index in [0.717, 1.165) is 12.2 Å². The Bertz CT molecular complexity index is 312. The van der Waals surface area contributed by atoms with E-state index in [9.17, 15) is 9.59 Å². The van der Waals surface area contributed by atoms with Crippen LogP contribution in [-0.2, 0) is 19.1 Å². The summed E-state index contributed by atoms with van der Waals surface area (Å²) in [6, 6.07) is 0. The molecule has 0 aliphatic heterocycles. The van der Waals surface area contributed by atoms with Gasteiger partial charge in [-0.2, -0.15) is 0 Å². The fourth-order valence-corrected chi connectivity index (χ4v) is 0.517. The highest BCUT2D eigenvalue weighted by Crippen LogP contribution is 1.98. The molecule has 8 heteroatoms. The SMILES string of the molecule is C=C(Cl)Cl.C=CCl.C=CCl.CCOC(=O)/C=C/C(=O)OCC. The van der Waals surface area contributed by atoms with Gasteiger partial charge in [-0.1, -0.05) is 66.1 Å². The van der Waals surface area contributed by atoms with Crippen molar-refractivity contribution < 1.29 is 19.1 Å². The van der Waals surface area contributed by atoms with Gasteiger partial charge in [-0.15, -0.1) is 0 Å².